The molecular formula is C14H20FNO2. The molecule has 2 unspecified atom stereocenters. The lowest BCUT2D eigenvalue weighted by atomic mass is 10.0. The van der Waals surface area contributed by atoms with Crippen molar-refractivity contribution >= 4 is 5.97 Å². The number of rotatable bonds is 5. The Bertz CT molecular complexity index is 379. The minimum atomic E-state index is -0.389. The fourth-order valence-corrected chi connectivity index (χ4v) is 1.94. The van der Waals surface area contributed by atoms with E-state index >= 15 is 0 Å². The van der Waals surface area contributed by atoms with E-state index in [4.69, 9.17) is 4.74 Å². The molecule has 0 N–H and O–H groups in total. The average Bonchev–Trinajstić information content (AvgIpc) is 2.29. The van der Waals surface area contributed by atoms with Crippen molar-refractivity contribution in [3.05, 3.63) is 48.6 Å². The third kappa shape index (κ3) is 4.30. The van der Waals surface area contributed by atoms with Crippen molar-refractivity contribution < 1.29 is 14.2 Å². The van der Waals surface area contributed by atoms with Crippen LogP contribution in [-0.4, -0.2) is 31.1 Å². The molecule has 0 amide bonds. The molecule has 100 valence electrons. The molecule has 0 bridgehead atoms. The van der Waals surface area contributed by atoms with E-state index in [9.17, 15) is 4.79 Å². The second kappa shape index (κ2) is 7.61. The van der Waals surface area contributed by atoms with Crippen molar-refractivity contribution in [3.63, 3.8) is 0 Å². The number of nitrogens with zero attached hydrogens (tertiary/aromatic N) is 1. The van der Waals surface area contributed by atoms with Crippen LogP contribution in [0, 0.1) is 0 Å². The van der Waals surface area contributed by atoms with Gasteiger partial charge >= 0.3 is 5.97 Å². The van der Waals surface area contributed by atoms with Gasteiger partial charge in [-0.2, -0.15) is 0 Å². The minimum Gasteiger partial charge on any atom is -0.457 e. The zero-order valence-corrected chi connectivity index (χ0v) is 11.0. The van der Waals surface area contributed by atoms with Crippen LogP contribution in [0.1, 0.15) is 18.5 Å². The molecule has 18 heavy (non-hydrogen) atoms. The maximum absolute atomic E-state index is 11.2. The number of hydrogen-bond acceptors (Lipinski definition) is 3. The first kappa shape index (κ1) is 16.3. The number of hydrogen-bond donors (Lipinski definition) is 0. The first-order chi connectivity index (χ1) is 8.06. The van der Waals surface area contributed by atoms with Crippen LogP contribution in [0.2, 0.25) is 0 Å². The number of ether oxygens (including phenoxy) is 1. The summed E-state index contributed by atoms with van der Waals surface area (Å²) in [6.07, 6.45) is 0.965. The first-order valence-corrected chi connectivity index (χ1v) is 5.60. The lowest BCUT2D eigenvalue weighted by molar-refractivity contribution is -0.145. The Kier molecular flexibility index (Phi) is 6.90. The van der Waals surface area contributed by atoms with Crippen LogP contribution in [0.5, 0.6) is 0 Å². The number of benzene rings is 1. The summed E-state index contributed by atoms with van der Waals surface area (Å²) in [5.74, 6) is -0.389. The molecule has 0 heterocycles. The van der Waals surface area contributed by atoms with E-state index in [1.807, 2.05) is 56.3 Å². The van der Waals surface area contributed by atoms with E-state index in [2.05, 4.69) is 6.58 Å². The topological polar surface area (TPSA) is 29.5 Å². The number of esters is 1. The van der Waals surface area contributed by atoms with Gasteiger partial charge in [0, 0.05) is 6.08 Å². The average molecular weight is 253 g/mol. The Labute approximate surface area is 107 Å². The maximum atomic E-state index is 11.2. The molecule has 3 nitrogen and oxygen atoms in total. The van der Waals surface area contributed by atoms with Crippen LogP contribution in [-0.2, 0) is 9.53 Å². The highest BCUT2D eigenvalue weighted by atomic mass is 19.0. The molecule has 4 heteroatoms. The van der Waals surface area contributed by atoms with E-state index in [1.165, 1.54) is 6.08 Å². The molecule has 1 aromatic carbocycles. The number of likely N-dealkylation sites (N-methyl/N-ethyl adjacent to an activating group) is 1. The molecular weight excluding hydrogens is 233 g/mol. The minimum absolute atomic E-state index is 0. The lowest BCUT2D eigenvalue weighted by Crippen LogP contribution is -2.32. The number of halogens is 1. The van der Waals surface area contributed by atoms with E-state index in [0.717, 1.165) is 5.56 Å². The maximum Gasteiger partial charge on any atom is 0.330 e. The van der Waals surface area contributed by atoms with Gasteiger partial charge in [0.2, 0.25) is 0 Å². The summed E-state index contributed by atoms with van der Waals surface area (Å²) < 4.78 is 5.28. The molecule has 0 saturated carbocycles. The monoisotopic (exact) mass is 253 g/mol. The van der Waals surface area contributed by atoms with Gasteiger partial charge < -0.3 is 4.74 Å². The summed E-state index contributed by atoms with van der Waals surface area (Å²) >= 11 is 0. The third-order valence-corrected chi connectivity index (χ3v) is 2.61. The van der Waals surface area contributed by atoms with E-state index in [0.29, 0.717) is 0 Å². The van der Waals surface area contributed by atoms with E-state index in [-0.39, 0.29) is 22.8 Å². The molecule has 0 aliphatic heterocycles. The molecule has 0 saturated heterocycles. The molecule has 1 rings (SSSR count). The lowest BCUT2D eigenvalue weighted by Gasteiger charge is -2.29. The van der Waals surface area contributed by atoms with Gasteiger partial charge in [-0.25, -0.2) is 4.79 Å². The summed E-state index contributed by atoms with van der Waals surface area (Å²) in [4.78, 5) is 13.3. The Morgan fingerprint density at radius 3 is 2.33 bits per heavy atom. The standard InChI is InChI=1S/C14H19NO2.FH/c1-5-13(16)17-11(2)14(15(3)4)12-9-7-6-8-10-12;/h5-11,14H,1H2,2-4H3;1H. The molecule has 0 aromatic heterocycles. The first-order valence-electron chi connectivity index (χ1n) is 5.60. The molecule has 2 atom stereocenters. The SMILES string of the molecule is C=CC(=O)OC(C)C(c1ccccc1)N(C)C.F. The normalized spacial score (nSPS) is 13.3. The van der Waals surface area contributed by atoms with Crippen LogP contribution >= 0.6 is 0 Å². The van der Waals surface area contributed by atoms with Crippen LogP contribution in [0.4, 0.5) is 4.70 Å². The summed E-state index contributed by atoms with van der Waals surface area (Å²) in [6.45, 7) is 5.29. The second-order valence-corrected chi connectivity index (χ2v) is 4.17. The highest BCUT2D eigenvalue weighted by Crippen LogP contribution is 2.23. The third-order valence-electron chi connectivity index (χ3n) is 2.61. The van der Waals surface area contributed by atoms with Crippen molar-refractivity contribution in [1.82, 2.24) is 4.90 Å². The molecule has 0 spiro atoms. The van der Waals surface area contributed by atoms with Crippen LogP contribution in [0.25, 0.3) is 0 Å². The van der Waals surface area contributed by atoms with Crippen LogP contribution < -0.4 is 0 Å². The largest absolute Gasteiger partial charge is 0.457 e. The van der Waals surface area contributed by atoms with Crippen molar-refractivity contribution in [2.24, 2.45) is 0 Å². The van der Waals surface area contributed by atoms with Gasteiger partial charge in [-0.15, -0.1) is 0 Å². The van der Waals surface area contributed by atoms with Gasteiger partial charge in [0.05, 0.1) is 6.04 Å². The highest BCUT2D eigenvalue weighted by molar-refractivity contribution is 5.81. The highest BCUT2D eigenvalue weighted by Gasteiger charge is 2.23. The Morgan fingerprint density at radius 2 is 1.89 bits per heavy atom. The molecule has 0 aliphatic carbocycles. The number of carbonyl (C=O) groups is 1. The fraction of sp³-hybridized carbons (Fsp3) is 0.357. The van der Waals surface area contributed by atoms with Crippen molar-refractivity contribution in [2.45, 2.75) is 19.1 Å². The summed E-state index contributed by atoms with van der Waals surface area (Å²) in [5, 5.41) is 0. The van der Waals surface area contributed by atoms with Gasteiger partial charge in [-0.3, -0.25) is 9.60 Å². The predicted octanol–water partition coefficient (Wildman–Crippen LogP) is 2.56. The fourth-order valence-electron chi connectivity index (χ4n) is 1.94. The van der Waals surface area contributed by atoms with Crippen LogP contribution in [0.3, 0.4) is 0 Å². The molecule has 1 aromatic rings. The zero-order chi connectivity index (χ0) is 12.8. The quantitative estimate of drug-likeness (QED) is 0.596. The summed E-state index contributed by atoms with van der Waals surface area (Å²) in [6, 6.07) is 10.0. The van der Waals surface area contributed by atoms with Crippen molar-refractivity contribution in [2.75, 3.05) is 14.1 Å². The summed E-state index contributed by atoms with van der Waals surface area (Å²) in [7, 11) is 3.94. The van der Waals surface area contributed by atoms with Gasteiger partial charge in [-0.1, -0.05) is 36.9 Å². The van der Waals surface area contributed by atoms with Gasteiger partial charge in [-0.05, 0) is 26.6 Å². The Hall–Kier alpha value is -1.68. The van der Waals surface area contributed by atoms with Gasteiger partial charge in [0.15, 0.2) is 0 Å². The zero-order valence-electron chi connectivity index (χ0n) is 11.0. The van der Waals surface area contributed by atoms with Gasteiger partial charge in [0.25, 0.3) is 0 Å². The summed E-state index contributed by atoms with van der Waals surface area (Å²) in [5.41, 5.74) is 1.13. The second-order valence-electron chi connectivity index (χ2n) is 4.17. The van der Waals surface area contributed by atoms with E-state index < -0.39 is 0 Å². The smallest absolute Gasteiger partial charge is 0.330 e. The predicted molar refractivity (Wildman–Crippen MR) is 71.1 cm³/mol. The molecule has 0 fully saturated rings. The van der Waals surface area contributed by atoms with Crippen LogP contribution in [0.15, 0.2) is 43.0 Å². The van der Waals surface area contributed by atoms with Gasteiger partial charge in [0.1, 0.15) is 6.10 Å². The number of carbonyl (C=O) groups excluding carboxylic acids is 1. The Balaban J connectivity index is 0.00000289. The van der Waals surface area contributed by atoms with Crippen molar-refractivity contribution in [1.29, 1.82) is 0 Å². The van der Waals surface area contributed by atoms with E-state index in [1.54, 1.807) is 0 Å². The molecule has 0 aliphatic rings. The Morgan fingerprint density at radius 1 is 1.33 bits per heavy atom. The van der Waals surface area contributed by atoms with Crippen molar-refractivity contribution in [3.8, 4) is 0 Å². The molecule has 0 radical (unpaired) electrons.